The molecule has 18 heavy (non-hydrogen) atoms. The lowest BCUT2D eigenvalue weighted by Gasteiger charge is -2.00. The number of thiophene rings is 1. The standard InChI is InChI=1S/C13H20N4S/c1-4-7-14-8-12-5-6-13(18-12)9-17-11(3)15-10(2)16-17/h5-6,14H,4,7-9H2,1-3H3. The first-order chi connectivity index (χ1) is 8.69. The van der Waals surface area contributed by atoms with E-state index >= 15 is 0 Å². The fourth-order valence-corrected chi connectivity index (χ4v) is 2.82. The third-order valence-electron chi connectivity index (χ3n) is 2.71. The summed E-state index contributed by atoms with van der Waals surface area (Å²) < 4.78 is 1.96. The van der Waals surface area contributed by atoms with Gasteiger partial charge in [-0.3, -0.25) is 0 Å². The average Bonchev–Trinajstić information content (AvgIpc) is 2.88. The number of hydrogen-bond acceptors (Lipinski definition) is 4. The van der Waals surface area contributed by atoms with Crippen LogP contribution in [0.4, 0.5) is 0 Å². The number of nitrogens with zero attached hydrogens (tertiary/aromatic N) is 3. The molecule has 0 spiro atoms. The van der Waals surface area contributed by atoms with Gasteiger partial charge in [0, 0.05) is 16.3 Å². The lowest BCUT2D eigenvalue weighted by Crippen LogP contribution is -2.12. The summed E-state index contributed by atoms with van der Waals surface area (Å²) in [5.74, 6) is 1.82. The van der Waals surface area contributed by atoms with Crippen molar-refractivity contribution in [3.05, 3.63) is 33.5 Å². The van der Waals surface area contributed by atoms with Gasteiger partial charge in [-0.25, -0.2) is 9.67 Å². The molecule has 0 aliphatic heterocycles. The third-order valence-corrected chi connectivity index (χ3v) is 3.78. The van der Waals surface area contributed by atoms with Crippen LogP contribution in [0.5, 0.6) is 0 Å². The first-order valence-corrected chi connectivity index (χ1v) is 7.17. The van der Waals surface area contributed by atoms with Crippen LogP contribution < -0.4 is 5.32 Å². The Kier molecular flexibility index (Phi) is 4.49. The number of aromatic nitrogens is 3. The second-order valence-corrected chi connectivity index (χ2v) is 5.66. The molecule has 2 heterocycles. The smallest absolute Gasteiger partial charge is 0.147 e. The van der Waals surface area contributed by atoms with Crippen molar-refractivity contribution in [2.75, 3.05) is 6.54 Å². The Morgan fingerprint density at radius 3 is 2.72 bits per heavy atom. The molecular weight excluding hydrogens is 244 g/mol. The molecule has 0 aliphatic carbocycles. The first-order valence-electron chi connectivity index (χ1n) is 6.35. The summed E-state index contributed by atoms with van der Waals surface area (Å²) in [5, 5.41) is 7.81. The van der Waals surface area contributed by atoms with Crippen molar-refractivity contribution in [1.82, 2.24) is 20.1 Å². The van der Waals surface area contributed by atoms with E-state index in [1.165, 1.54) is 16.2 Å². The van der Waals surface area contributed by atoms with E-state index in [2.05, 4.69) is 34.5 Å². The fraction of sp³-hybridized carbons (Fsp3) is 0.538. The maximum atomic E-state index is 4.39. The fourth-order valence-electron chi connectivity index (χ4n) is 1.85. The molecule has 0 aliphatic rings. The molecular formula is C13H20N4S. The minimum Gasteiger partial charge on any atom is -0.312 e. The van der Waals surface area contributed by atoms with E-state index in [-0.39, 0.29) is 0 Å². The summed E-state index contributed by atoms with van der Waals surface area (Å²) in [7, 11) is 0. The summed E-state index contributed by atoms with van der Waals surface area (Å²) in [6.45, 7) is 8.98. The van der Waals surface area contributed by atoms with Gasteiger partial charge in [0.05, 0.1) is 6.54 Å². The molecule has 5 heteroatoms. The summed E-state index contributed by atoms with van der Waals surface area (Å²) in [6.07, 6.45) is 1.18. The molecule has 0 saturated heterocycles. The molecule has 0 aromatic carbocycles. The second kappa shape index (κ2) is 6.11. The van der Waals surface area contributed by atoms with Crippen LogP contribution in [0.15, 0.2) is 12.1 Å². The van der Waals surface area contributed by atoms with Gasteiger partial charge in [0.15, 0.2) is 0 Å². The number of nitrogens with one attached hydrogen (secondary N) is 1. The normalized spacial score (nSPS) is 11.1. The highest BCUT2D eigenvalue weighted by Crippen LogP contribution is 2.17. The van der Waals surface area contributed by atoms with Gasteiger partial charge in [0.25, 0.3) is 0 Å². The van der Waals surface area contributed by atoms with E-state index in [1.54, 1.807) is 0 Å². The van der Waals surface area contributed by atoms with E-state index in [0.29, 0.717) is 0 Å². The van der Waals surface area contributed by atoms with Crippen LogP contribution in [0.2, 0.25) is 0 Å². The van der Waals surface area contributed by atoms with Crippen molar-refractivity contribution in [3.8, 4) is 0 Å². The number of aryl methyl sites for hydroxylation is 2. The van der Waals surface area contributed by atoms with Gasteiger partial charge in [0.1, 0.15) is 11.6 Å². The highest BCUT2D eigenvalue weighted by Gasteiger charge is 2.05. The van der Waals surface area contributed by atoms with Crippen molar-refractivity contribution in [2.45, 2.75) is 40.3 Å². The van der Waals surface area contributed by atoms with Crippen molar-refractivity contribution in [2.24, 2.45) is 0 Å². The van der Waals surface area contributed by atoms with Crippen molar-refractivity contribution in [1.29, 1.82) is 0 Å². The minimum absolute atomic E-state index is 0.825. The van der Waals surface area contributed by atoms with E-state index < -0.39 is 0 Å². The van der Waals surface area contributed by atoms with Crippen LogP contribution in [0.3, 0.4) is 0 Å². The third kappa shape index (κ3) is 3.40. The predicted molar refractivity (Wildman–Crippen MR) is 74.9 cm³/mol. The quantitative estimate of drug-likeness (QED) is 0.815. The Morgan fingerprint density at radius 1 is 1.28 bits per heavy atom. The van der Waals surface area contributed by atoms with Crippen LogP contribution in [0.1, 0.15) is 34.7 Å². The van der Waals surface area contributed by atoms with E-state index in [1.807, 2.05) is 29.9 Å². The van der Waals surface area contributed by atoms with E-state index in [4.69, 9.17) is 0 Å². The van der Waals surface area contributed by atoms with E-state index in [0.717, 1.165) is 31.3 Å². The highest BCUT2D eigenvalue weighted by atomic mass is 32.1. The number of hydrogen-bond donors (Lipinski definition) is 1. The Morgan fingerprint density at radius 2 is 2.06 bits per heavy atom. The van der Waals surface area contributed by atoms with Gasteiger partial charge >= 0.3 is 0 Å². The van der Waals surface area contributed by atoms with Crippen molar-refractivity contribution >= 4 is 11.3 Å². The Hall–Kier alpha value is -1.20. The van der Waals surface area contributed by atoms with Crippen LogP contribution in [0.25, 0.3) is 0 Å². The monoisotopic (exact) mass is 264 g/mol. The Labute approximate surface area is 112 Å². The molecule has 2 rings (SSSR count). The molecule has 0 radical (unpaired) electrons. The summed E-state index contributed by atoms with van der Waals surface area (Å²) in [4.78, 5) is 7.03. The van der Waals surface area contributed by atoms with Crippen LogP contribution in [-0.2, 0) is 13.1 Å². The van der Waals surface area contributed by atoms with Gasteiger partial charge in [-0.1, -0.05) is 6.92 Å². The van der Waals surface area contributed by atoms with Gasteiger partial charge in [-0.2, -0.15) is 5.10 Å². The lowest BCUT2D eigenvalue weighted by atomic mass is 10.4. The SMILES string of the molecule is CCCNCc1ccc(Cn2nc(C)nc2C)s1. The molecule has 0 fully saturated rings. The molecule has 0 amide bonds. The molecule has 2 aromatic rings. The molecule has 98 valence electrons. The summed E-state index contributed by atoms with van der Waals surface area (Å²) in [5.41, 5.74) is 0. The average molecular weight is 264 g/mol. The maximum absolute atomic E-state index is 4.39. The second-order valence-electron chi connectivity index (χ2n) is 4.41. The lowest BCUT2D eigenvalue weighted by molar-refractivity contribution is 0.663. The maximum Gasteiger partial charge on any atom is 0.147 e. The van der Waals surface area contributed by atoms with Crippen LogP contribution in [-0.4, -0.2) is 21.3 Å². The van der Waals surface area contributed by atoms with Crippen molar-refractivity contribution in [3.63, 3.8) is 0 Å². The molecule has 0 unspecified atom stereocenters. The van der Waals surface area contributed by atoms with Gasteiger partial charge in [-0.15, -0.1) is 11.3 Å². The first kappa shape index (κ1) is 13.2. The van der Waals surface area contributed by atoms with Gasteiger partial charge in [0.2, 0.25) is 0 Å². The molecule has 0 saturated carbocycles. The molecule has 4 nitrogen and oxygen atoms in total. The zero-order valence-corrected chi connectivity index (χ0v) is 12.0. The van der Waals surface area contributed by atoms with Gasteiger partial charge in [-0.05, 0) is 38.9 Å². The summed E-state index contributed by atoms with van der Waals surface area (Å²) in [6, 6.07) is 4.38. The summed E-state index contributed by atoms with van der Waals surface area (Å²) >= 11 is 1.85. The molecule has 1 N–H and O–H groups in total. The zero-order chi connectivity index (χ0) is 13.0. The molecule has 0 bridgehead atoms. The Bertz CT molecular complexity index is 501. The predicted octanol–water partition coefficient (Wildman–Crippen LogP) is 2.50. The topological polar surface area (TPSA) is 42.7 Å². The largest absolute Gasteiger partial charge is 0.312 e. The van der Waals surface area contributed by atoms with Gasteiger partial charge < -0.3 is 5.32 Å². The molecule has 2 aromatic heterocycles. The molecule has 0 atom stereocenters. The van der Waals surface area contributed by atoms with Crippen LogP contribution in [0, 0.1) is 13.8 Å². The number of rotatable bonds is 6. The Balaban J connectivity index is 1.96. The van der Waals surface area contributed by atoms with Crippen LogP contribution >= 0.6 is 11.3 Å². The zero-order valence-electron chi connectivity index (χ0n) is 11.2. The van der Waals surface area contributed by atoms with Crippen molar-refractivity contribution < 1.29 is 0 Å². The highest BCUT2D eigenvalue weighted by molar-refractivity contribution is 7.11. The van der Waals surface area contributed by atoms with E-state index in [9.17, 15) is 0 Å². The minimum atomic E-state index is 0.825.